The van der Waals surface area contributed by atoms with Gasteiger partial charge in [0.2, 0.25) is 11.0 Å². The number of anilines is 1. The number of amides is 1. The van der Waals surface area contributed by atoms with Crippen LogP contribution in [0.15, 0.2) is 73.2 Å². The van der Waals surface area contributed by atoms with Gasteiger partial charge in [0.25, 0.3) is 5.91 Å². The summed E-state index contributed by atoms with van der Waals surface area (Å²) in [5.41, 5.74) is 2.51. The Morgan fingerprint density at radius 1 is 1.06 bits per heavy atom. The summed E-state index contributed by atoms with van der Waals surface area (Å²) in [6.07, 6.45) is 5.58. The summed E-state index contributed by atoms with van der Waals surface area (Å²) in [6.45, 7) is 0.746. The maximum absolute atomic E-state index is 12.6. The SMILES string of the molecule is CN(C)C[C@H](Cc1ccccc1)Oc1ccc(C(=O)Nc2nnc(-c3ccncc3)s2)cn1. The third-order valence-corrected chi connectivity index (χ3v) is 5.62. The summed E-state index contributed by atoms with van der Waals surface area (Å²) in [5, 5.41) is 12.1. The summed E-state index contributed by atoms with van der Waals surface area (Å²) in [6, 6.07) is 17.3. The molecule has 4 aromatic rings. The molecule has 0 aliphatic carbocycles. The second kappa shape index (κ2) is 10.8. The Bertz CT molecular complexity index is 1170. The predicted molar refractivity (Wildman–Crippen MR) is 128 cm³/mol. The number of likely N-dealkylation sites (N-methyl/N-ethyl adjacent to an activating group) is 1. The highest BCUT2D eigenvalue weighted by atomic mass is 32.1. The van der Waals surface area contributed by atoms with E-state index in [2.05, 4.69) is 42.5 Å². The van der Waals surface area contributed by atoms with Gasteiger partial charge in [-0.25, -0.2) is 4.98 Å². The number of benzene rings is 1. The first-order valence-corrected chi connectivity index (χ1v) is 11.2. The van der Waals surface area contributed by atoms with Crippen LogP contribution >= 0.6 is 11.3 Å². The summed E-state index contributed by atoms with van der Waals surface area (Å²) in [4.78, 5) is 23.0. The standard InChI is InChI=1S/C24H24N6O2S/c1-30(2)16-20(14-17-6-4-3-5-7-17)32-21-9-8-19(15-26-21)22(31)27-24-29-28-23(33-24)18-10-12-25-13-11-18/h3-13,15,20H,14,16H2,1-2H3,(H,27,29,31)/t20-/m0/s1. The van der Waals surface area contributed by atoms with Crippen LogP contribution in [0.1, 0.15) is 15.9 Å². The molecule has 1 N–H and O–H groups in total. The minimum absolute atomic E-state index is 0.0671. The van der Waals surface area contributed by atoms with Gasteiger partial charge in [0.05, 0.1) is 5.56 Å². The van der Waals surface area contributed by atoms with Crippen LogP contribution in [0.3, 0.4) is 0 Å². The molecule has 4 rings (SSSR count). The second-order valence-corrected chi connectivity index (χ2v) is 8.66. The van der Waals surface area contributed by atoms with Crippen molar-refractivity contribution in [3.8, 4) is 16.5 Å². The Morgan fingerprint density at radius 2 is 1.85 bits per heavy atom. The average molecular weight is 461 g/mol. The van der Waals surface area contributed by atoms with E-state index in [4.69, 9.17) is 4.74 Å². The van der Waals surface area contributed by atoms with Crippen molar-refractivity contribution in [3.63, 3.8) is 0 Å². The van der Waals surface area contributed by atoms with E-state index < -0.39 is 0 Å². The van der Waals surface area contributed by atoms with E-state index in [0.29, 0.717) is 21.6 Å². The van der Waals surface area contributed by atoms with Gasteiger partial charge in [-0.3, -0.25) is 15.1 Å². The van der Waals surface area contributed by atoms with E-state index >= 15 is 0 Å². The lowest BCUT2D eigenvalue weighted by atomic mass is 10.1. The first-order valence-electron chi connectivity index (χ1n) is 10.4. The lowest BCUT2D eigenvalue weighted by molar-refractivity contribution is 0.102. The number of rotatable bonds is 9. The van der Waals surface area contributed by atoms with Crippen molar-refractivity contribution in [2.75, 3.05) is 26.0 Å². The normalized spacial score (nSPS) is 11.8. The van der Waals surface area contributed by atoms with E-state index in [1.165, 1.54) is 23.1 Å². The van der Waals surface area contributed by atoms with Crippen molar-refractivity contribution in [1.29, 1.82) is 0 Å². The van der Waals surface area contributed by atoms with E-state index in [0.717, 1.165) is 18.5 Å². The minimum Gasteiger partial charge on any atom is -0.473 e. The predicted octanol–water partition coefficient (Wildman–Crippen LogP) is 3.80. The Kier molecular flexibility index (Phi) is 7.33. The maximum Gasteiger partial charge on any atom is 0.259 e. The number of nitrogens with zero attached hydrogens (tertiary/aromatic N) is 5. The number of pyridine rings is 2. The largest absolute Gasteiger partial charge is 0.473 e. The quantitative estimate of drug-likeness (QED) is 0.406. The fourth-order valence-electron chi connectivity index (χ4n) is 3.24. The molecular formula is C24H24N6O2S. The van der Waals surface area contributed by atoms with Crippen molar-refractivity contribution >= 4 is 22.4 Å². The second-order valence-electron chi connectivity index (χ2n) is 7.68. The molecule has 0 spiro atoms. The molecule has 0 saturated heterocycles. The highest BCUT2D eigenvalue weighted by Crippen LogP contribution is 2.26. The van der Waals surface area contributed by atoms with Crippen molar-refractivity contribution in [2.45, 2.75) is 12.5 Å². The number of carbonyl (C=O) groups excluding carboxylic acids is 1. The van der Waals surface area contributed by atoms with Crippen molar-refractivity contribution in [2.24, 2.45) is 0 Å². The fourth-order valence-corrected chi connectivity index (χ4v) is 3.98. The molecule has 0 aliphatic heterocycles. The zero-order valence-electron chi connectivity index (χ0n) is 18.4. The van der Waals surface area contributed by atoms with Gasteiger partial charge < -0.3 is 9.64 Å². The molecule has 0 unspecified atom stereocenters. The van der Waals surface area contributed by atoms with Crippen molar-refractivity contribution in [1.82, 2.24) is 25.1 Å². The zero-order valence-corrected chi connectivity index (χ0v) is 19.2. The summed E-state index contributed by atoms with van der Waals surface area (Å²) in [7, 11) is 4.02. The van der Waals surface area contributed by atoms with E-state index in [1.807, 2.05) is 44.4 Å². The van der Waals surface area contributed by atoms with E-state index in [-0.39, 0.29) is 12.0 Å². The number of hydrogen-bond acceptors (Lipinski definition) is 8. The van der Waals surface area contributed by atoms with Gasteiger partial charge >= 0.3 is 0 Å². The van der Waals surface area contributed by atoms with E-state index in [1.54, 1.807) is 24.5 Å². The molecule has 168 valence electrons. The average Bonchev–Trinajstić information content (AvgIpc) is 3.29. The molecule has 1 aromatic carbocycles. The lowest BCUT2D eigenvalue weighted by Crippen LogP contribution is -2.32. The van der Waals surface area contributed by atoms with Crippen molar-refractivity contribution in [3.05, 3.63) is 84.3 Å². The van der Waals surface area contributed by atoms with Crippen LogP contribution in [-0.2, 0) is 6.42 Å². The Hall–Kier alpha value is -3.69. The molecule has 0 saturated carbocycles. The van der Waals surface area contributed by atoms with Gasteiger partial charge in [0, 0.05) is 43.2 Å². The van der Waals surface area contributed by atoms with Gasteiger partial charge in [-0.1, -0.05) is 41.7 Å². The molecule has 33 heavy (non-hydrogen) atoms. The Morgan fingerprint density at radius 3 is 2.55 bits per heavy atom. The smallest absolute Gasteiger partial charge is 0.259 e. The number of aromatic nitrogens is 4. The Labute approximate surface area is 196 Å². The molecule has 0 radical (unpaired) electrons. The molecule has 0 fully saturated rings. The Balaban J connectivity index is 1.38. The monoisotopic (exact) mass is 460 g/mol. The number of ether oxygens (including phenoxy) is 1. The van der Waals surface area contributed by atoms with Gasteiger partial charge in [-0.05, 0) is 37.9 Å². The van der Waals surface area contributed by atoms with Crippen LogP contribution < -0.4 is 10.1 Å². The van der Waals surface area contributed by atoms with Crippen molar-refractivity contribution < 1.29 is 9.53 Å². The summed E-state index contributed by atoms with van der Waals surface area (Å²) >= 11 is 1.30. The topological polar surface area (TPSA) is 93.1 Å². The van der Waals surface area contributed by atoms with Crippen LogP contribution in [0.5, 0.6) is 5.88 Å². The van der Waals surface area contributed by atoms with Crippen LogP contribution in [0, 0.1) is 0 Å². The summed E-state index contributed by atoms with van der Waals surface area (Å²) < 4.78 is 6.12. The fraction of sp³-hybridized carbons (Fsp3) is 0.208. The van der Waals surface area contributed by atoms with Crippen LogP contribution in [0.4, 0.5) is 5.13 Å². The molecule has 9 heteroatoms. The first kappa shape index (κ1) is 22.5. The maximum atomic E-state index is 12.6. The molecule has 1 amide bonds. The third kappa shape index (κ3) is 6.41. The lowest BCUT2D eigenvalue weighted by Gasteiger charge is -2.22. The number of nitrogens with one attached hydrogen (secondary N) is 1. The molecule has 3 heterocycles. The highest BCUT2D eigenvalue weighted by molar-refractivity contribution is 7.18. The third-order valence-electron chi connectivity index (χ3n) is 4.73. The number of hydrogen-bond donors (Lipinski definition) is 1. The van der Waals surface area contributed by atoms with Gasteiger partial charge in [0.15, 0.2) is 0 Å². The minimum atomic E-state index is -0.305. The van der Waals surface area contributed by atoms with Gasteiger partial charge in [-0.15, -0.1) is 10.2 Å². The number of carbonyl (C=O) groups is 1. The summed E-state index contributed by atoms with van der Waals surface area (Å²) in [5.74, 6) is 0.172. The van der Waals surface area contributed by atoms with Gasteiger partial charge in [-0.2, -0.15) is 0 Å². The zero-order chi connectivity index (χ0) is 23.0. The van der Waals surface area contributed by atoms with Gasteiger partial charge in [0.1, 0.15) is 11.1 Å². The van der Waals surface area contributed by atoms with Crippen LogP contribution in [-0.4, -0.2) is 57.7 Å². The molecular weight excluding hydrogens is 436 g/mol. The molecule has 0 bridgehead atoms. The highest BCUT2D eigenvalue weighted by Gasteiger charge is 2.15. The molecule has 1 atom stereocenters. The molecule has 3 aromatic heterocycles. The van der Waals surface area contributed by atoms with Crippen LogP contribution in [0.2, 0.25) is 0 Å². The molecule has 8 nitrogen and oxygen atoms in total. The first-order chi connectivity index (χ1) is 16.1. The van der Waals surface area contributed by atoms with E-state index in [9.17, 15) is 4.79 Å². The van der Waals surface area contributed by atoms with Crippen LogP contribution in [0.25, 0.3) is 10.6 Å². The molecule has 0 aliphatic rings.